The van der Waals surface area contributed by atoms with Gasteiger partial charge in [-0.15, -0.1) is 13.2 Å². The van der Waals surface area contributed by atoms with Crippen LogP contribution in [-0.2, 0) is 5.54 Å². The number of nitrogens with one attached hydrogen (secondary N) is 1. The number of likely N-dealkylation sites (N-methyl/N-ethyl adjacent to an activating group) is 1. The summed E-state index contributed by atoms with van der Waals surface area (Å²) in [6.45, 7) is 4.53. The molecular weight excluding hydrogens is 387 g/mol. The Kier molecular flexibility index (Phi) is 6.02. The van der Waals surface area contributed by atoms with Crippen molar-refractivity contribution in [2.75, 3.05) is 20.3 Å². The van der Waals surface area contributed by atoms with Crippen LogP contribution in [0.2, 0.25) is 0 Å². The normalized spacial score (nSPS) is 25.6. The molecule has 1 aliphatic rings. The van der Waals surface area contributed by atoms with Gasteiger partial charge in [-0.25, -0.2) is 4.98 Å². The van der Waals surface area contributed by atoms with Crippen LogP contribution < -0.4 is 14.8 Å². The summed E-state index contributed by atoms with van der Waals surface area (Å²) in [5.41, 5.74) is 0.418. The average molecular weight is 411 g/mol. The van der Waals surface area contributed by atoms with Crippen LogP contribution in [0.4, 0.5) is 13.2 Å². The maximum absolute atomic E-state index is 12.7. The number of hydrogen-bond acceptors (Lipinski definition) is 6. The first-order valence-electron chi connectivity index (χ1n) is 9.22. The monoisotopic (exact) mass is 411 g/mol. The first-order valence-corrected chi connectivity index (χ1v) is 9.22. The largest absolute Gasteiger partial charge is 0.573 e. The molecule has 158 valence electrons. The number of rotatable bonds is 5. The fourth-order valence-electron chi connectivity index (χ4n) is 3.66. The highest BCUT2D eigenvalue weighted by atomic mass is 19.4. The summed E-state index contributed by atoms with van der Waals surface area (Å²) in [4.78, 5) is 6.00. The summed E-state index contributed by atoms with van der Waals surface area (Å²) in [6.07, 6.45) is -4.04. The summed E-state index contributed by atoms with van der Waals surface area (Å²) in [5.74, 6) is -0.356. The Bertz CT molecular complexity index is 832. The van der Waals surface area contributed by atoms with Gasteiger partial charge in [0.15, 0.2) is 0 Å². The molecule has 0 spiro atoms. The number of pyridine rings is 1. The van der Waals surface area contributed by atoms with Crippen LogP contribution >= 0.6 is 0 Å². The van der Waals surface area contributed by atoms with Gasteiger partial charge in [-0.1, -0.05) is 18.2 Å². The molecule has 3 atom stereocenters. The zero-order valence-electron chi connectivity index (χ0n) is 16.4. The molecule has 0 amide bonds. The Morgan fingerprint density at radius 2 is 2.07 bits per heavy atom. The Hall–Kier alpha value is -2.36. The standard InChI is InChI=1S/C20H24F3N3O3/c1-4-28-16-9-8-13(11-24-16)17-18(27)26(3)12-25-19(17,2)14-6-5-7-15(10-14)29-20(21,22)23/h5-11,17-18,25,27H,4,12H2,1-3H3/t17-,18?,19-/m1/s1. The van der Waals surface area contributed by atoms with Gasteiger partial charge in [-0.05, 0) is 44.2 Å². The van der Waals surface area contributed by atoms with Crippen molar-refractivity contribution >= 4 is 0 Å². The van der Waals surface area contributed by atoms with Gasteiger partial charge in [0, 0.05) is 18.2 Å². The molecule has 0 saturated carbocycles. The van der Waals surface area contributed by atoms with E-state index in [0.717, 1.165) is 5.56 Å². The van der Waals surface area contributed by atoms with Gasteiger partial charge in [0.1, 0.15) is 12.0 Å². The molecule has 2 N–H and O–H groups in total. The van der Waals surface area contributed by atoms with Crippen molar-refractivity contribution in [1.82, 2.24) is 15.2 Å². The summed E-state index contributed by atoms with van der Waals surface area (Å²) >= 11 is 0. The molecule has 3 rings (SSSR count). The molecule has 1 aromatic carbocycles. The number of ether oxygens (including phenoxy) is 2. The summed E-state index contributed by atoms with van der Waals surface area (Å²) in [6, 6.07) is 9.32. The number of alkyl halides is 3. The molecule has 1 saturated heterocycles. The van der Waals surface area contributed by atoms with Gasteiger partial charge < -0.3 is 14.6 Å². The summed E-state index contributed by atoms with van der Waals surface area (Å²) in [7, 11) is 1.76. The van der Waals surface area contributed by atoms with Crippen LogP contribution in [0.5, 0.6) is 11.6 Å². The Morgan fingerprint density at radius 1 is 1.31 bits per heavy atom. The van der Waals surface area contributed by atoms with Crippen molar-refractivity contribution < 1.29 is 27.8 Å². The quantitative estimate of drug-likeness (QED) is 0.788. The minimum atomic E-state index is -4.78. The second-order valence-corrected chi connectivity index (χ2v) is 7.12. The molecular formula is C20H24F3N3O3. The van der Waals surface area contributed by atoms with E-state index in [9.17, 15) is 18.3 Å². The van der Waals surface area contributed by atoms with Crippen LogP contribution in [0.15, 0.2) is 42.6 Å². The molecule has 1 aliphatic heterocycles. The van der Waals surface area contributed by atoms with Crippen LogP contribution in [0.3, 0.4) is 0 Å². The number of hydrogen-bond donors (Lipinski definition) is 2. The van der Waals surface area contributed by atoms with Crippen molar-refractivity contribution in [3.05, 3.63) is 53.7 Å². The van der Waals surface area contributed by atoms with Crippen LogP contribution in [-0.4, -0.2) is 47.9 Å². The number of aliphatic hydroxyl groups is 1. The third-order valence-electron chi connectivity index (χ3n) is 5.15. The first kappa shape index (κ1) is 21.4. The van der Waals surface area contributed by atoms with Gasteiger partial charge in [0.25, 0.3) is 0 Å². The van der Waals surface area contributed by atoms with E-state index in [2.05, 4.69) is 15.0 Å². The molecule has 1 fully saturated rings. The van der Waals surface area contributed by atoms with Crippen molar-refractivity contribution in [3.63, 3.8) is 0 Å². The highest BCUT2D eigenvalue weighted by Gasteiger charge is 2.46. The van der Waals surface area contributed by atoms with Crippen molar-refractivity contribution in [3.8, 4) is 11.6 Å². The fourth-order valence-corrected chi connectivity index (χ4v) is 3.66. The number of aliphatic hydroxyl groups excluding tert-OH is 1. The topological polar surface area (TPSA) is 66.9 Å². The average Bonchev–Trinajstić information content (AvgIpc) is 2.66. The van der Waals surface area contributed by atoms with Crippen molar-refractivity contribution in [2.24, 2.45) is 0 Å². The van der Waals surface area contributed by atoms with Gasteiger partial charge >= 0.3 is 6.36 Å². The number of halogens is 3. The Labute approximate surface area is 167 Å². The number of nitrogens with zero attached hydrogens (tertiary/aromatic N) is 2. The van der Waals surface area contributed by atoms with Crippen molar-refractivity contribution in [1.29, 1.82) is 0 Å². The SMILES string of the molecule is CCOc1ccc([C@@H]2C(O)N(C)CN[C@]2(C)c2cccc(OC(F)(F)F)c2)cn1. The van der Waals surface area contributed by atoms with Gasteiger partial charge in [-0.3, -0.25) is 10.2 Å². The number of benzene rings is 1. The van der Waals surface area contributed by atoms with E-state index in [0.29, 0.717) is 24.7 Å². The minimum Gasteiger partial charge on any atom is -0.478 e. The first-order chi connectivity index (χ1) is 13.6. The van der Waals surface area contributed by atoms with Crippen LogP contribution in [0.25, 0.3) is 0 Å². The molecule has 9 heteroatoms. The van der Waals surface area contributed by atoms with E-state index in [-0.39, 0.29) is 5.75 Å². The molecule has 6 nitrogen and oxygen atoms in total. The molecule has 2 heterocycles. The predicted molar refractivity (Wildman–Crippen MR) is 100 cm³/mol. The Balaban J connectivity index is 2.01. The fraction of sp³-hybridized carbons (Fsp3) is 0.450. The predicted octanol–water partition coefficient (Wildman–Crippen LogP) is 3.19. The highest BCUT2D eigenvalue weighted by Crippen LogP contribution is 2.43. The van der Waals surface area contributed by atoms with Gasteiger partial charge in [0.05, 0.1) is 18.8 Å². The lowest BCUT2D eigenvalue weighted by Gasteiger charge is -2.49. The van der Waals surface area contributed by atoms with E-state index in [4.69, 9.17) is 4.74 Å². The lowest BCUT2D eigenvalue weighted by molar-refractivity contribution is -0.274. The molecule has 1 aromatic heterocycles. The second kappa shape index (κ2) is 8.17. The highest BCUT2D eigenvalue weighted by molar-refractivity contribution is 5.38. The second-order valence-electron chi connectivity index (χ2n) is 7.12. The zero-order valence-corrected chi connectivity index (χ0v) is 16.4. The maximum atomic E-state index is 12.7. The lowest BCUT2D eigenvalue weighted by atomic mass is 9.73. The molecule has 2 aromatic rings. The van der Waals surface area contributed by atoms with E-state index >= 15 is 0 Å². The minimum absolute atomic E-state index is 0.310. The molecule has 29 heavy (non-hydrogen) atoms. The molecule has 0 radical (unpaired) electrons. The molecule has 0 bridgehead atoms. The lowest BCUT2D eigenvalue weighted by Crippen LogP contribution is -2.61. The summed E-state index contributed by atoms with van der Waals surface area (Å²) < 4.78 is 47.4. The molecule has 1 unspecified atom stereocenters. The third kappa shape index (κ3) is 4.63. The van der Waals surface area contributed by atoms with Crippen LogP contribution in [0, 0.1) is 0 Å². The third-order valence-corrected chi connectivity index (χ3v) is 5.15. The smallest absolute Gasteiger partial charge is 0.478 e. The van der Waals surface area contributed by atoms with E-state index in [1.807, 2.05) is 13.8 Å². The Morgan fingerprint density at radius 3 is 2.69 bits per heavy atom. The van der Waals surface area contributed by atoms with Gasteiger partial charge in [0.2, 0.25) is 5.88 Å². The maximum Gasteiger partial charge on any atom is 0.573 e. The zero-order chi connectivity index (χ0) is 21.2. The van der Waals surface area contributed by atoms with E-state index < -0.39 is 24.0 Å². The van der Waals surface area contributed by atoms with E-state index in [1.165, 1.54) is 18.2 Å². The van der Waals surface area contributed by atoms with Gasteiger partial charge in [-0.2, -0.15) is 0 Å². The summed E-state index contributed by atoms with van der Waals surface area (Å²) in [5, 5.41) is 14.3. The number of aromatic nitrogens is 1. The van der Waals surface area contributed by atoms with Crippen molar-refractivity contribution in [2.45, 2.75) is 37.9 Å². The van der Waals surface area contributed by atoms with Crippen LogP contribution in [0.1, 0.15) is 30.9 Å². The van der Waals surface area contributed by atoms with E-state index in [1.54, 1.807) is 36.3 Å². The molecule has 0 aliphatic carbocycles.